The largest absolute Gasteiger partial charge is 0.508 e. The first kappa shape index (κ1) is 14.7. The first-order valence-corrected chi connectivity index (χ1v) is 6.51. The smallest absolute Gasteiger partial charge is 0.248 e. The Balaban J connectivity index is 1.77. The van der Waals surface area contributed by atoms with E-state index in [0.29, 0.717) is 17.7 Å². The Bertz CT molecular complexity index is 610. The van der Waals surface area contributed by atoms with Crippen molar-refractivity contribution in [1.82, 2.24) is 10.9 Å². The molecule has 0 bridgehead atoms. The zero-order chi connectivity index (χ0) is 15.2. The highest BCUT2D eigenvalue weighted by molar-refractivity contribution is 6.07. The number of aromatic hydroxyl groups is 1. The van der Waals surface area contributed by atoms with Crippen LogP contribution in [0.3, 0.4) is 0 Å². The quantitative estimate of drug-likeness (QED) is 0.550. The summed E-state index contributed by atoms with van der Waals surface area (Å²) in [5.41, 5.74) is 6.12. The molecule has 1 atom stereocenters. The summed E-state index contributed by atoms with van der Waals surface area (Å²) in [6, 6.07) is 6.50. The van der Waals surface area contributed by atoms with Crippen LogP contribution in [0, 0.1) is 5.92 Å². The first-order valence-electron chi connectivity index (χ1n) is 6.51. The second-order valence-electron chi connectivity index (χ2n) is 4.71. The molecule has 2 amide bonds. The molecule has 1 aromatic carbocycles. The van der Waals surface area contributed by atoms with Crippen LogP contribution in [0.15, 0.2) is 34.5 Å². The molecule has 7 heteroatoms. The minimum absolute atomic E-state index is 0.132. The van der Waals surface area contributed by atoms with E-state index in [-0.39, 0.29) is 29.9 Å². The summed E-state index contributed by atoms with van der Waals surface area (Å²) in [5.74, 6) is -0.666. The number of carbonyl (C=O) groups excluding carboxylic acids is 2. The van der Waals surface area contributed by atoms with Crippen molar-refractivity contribution in [3.8, 4) is 5.75 Å². The molecule has 21 heavy (non-hydrogen) atoms. The highest BCUT2D eigenvalue weighted by Gasteiger charge is 2.26. The van der Waals surface area contributed by atoms with Crippen molar-refractivity contribution in [2.24, 2.45) is 16.1 Å². The molecule has 110 valence electrons. The Morgan fingerprint density at radius 3 is 3.05 bits per heavy atom. The van der Waals surface area contributed by atoms with E-state index in [4.69, 9.17) is 0 Å². The van der Waals surface area contributed by atoms with Crippen molar-refractivity contribution in [3.63, 3.8) is 0 Å². The molecule has 0 aliphatic carbocycles. The number of phenolic OH excluding ortho intramolecular Hbond substituents is 1. The molecule has 0 saturated heterocycles. The van der Waals surface area contributed by atoms with Crippen molar-refractivity contribution < 1.29 is 14.7 Å². The van der Waals surface area contributed by atoms with Gasteiger partial charge in [0.2, 0.25) is 11.8 Å². The summed E-state index contributed by atoms with van der Waals surface area (Å²) in [5, 5.41) is 16.9. The van der Waals surface area contributed by atoms with Gasteiger partial charge >= 0.3 is 0 Å². The second kappa shape index (κ2) is 6.65. The number of hydrogen-bond acceptors (Lipinski definition) is 5. The van der Waals surface area contributed by atoms with Gasteiger partial charge in [-0.2, -0.15) is 10.2 Å². The van der Waals surface area contributed by atoms with Crippen LogP contribution < -0.4 is 10.9 Å². The summed E-state index contributed by atoms with van der Waals surface area (Å²) < 4.78 is 0. The van der Waals surface area contributed by atoms with E-state index in [1.54, 1.807) is 25.1 Å². The molecule has 3 N–H and O–H groups in total. The third kappa shape index (κ3) is 4.13. The predicted octanol–water partition coefficient (Wildman–Crippen LogP) is 0.744. The minimum atomic E-state index is -0.342. The maximum Gasteiger partial charge on any atom is 0.248 e. The number of carbonyl (C=O) groups is 2. The third-order valence-electron chi connectivity index (χ3n) is 3.10. The molecular formula is C14H16N4O3. The fourth-order valence-corrected chi connectivity index (χ4v) is 1.94. The topological polar surface area (TPSA) is 103 Å². The second-order valence-corrected chi connectivity index (χ2v) is 4.71. The predicted molar refractivity (Wildman–Crippen MR) is 77.8 cm³/mol. The summed E-state index contributed by atoms with van der Waals surface area (Å²) in [7, 11) is 0. The molecule has 1 unspecified atom stereocenters. The van der Waals surface area contributed by atoms with Gasteiger partial charge in [0, 0.05) is 12.1 Å². The van der Waals surface area contributed by atoms with Gasteiger partial charge in [0.05, 0.1) is 12.1 Å². The fraction of sp³-hybridized carbons (Fsp3) is 0.286. The van der Waals surface area contributed by atoms with E-state index in [1.807, 2.05) is 0 Å². The Hall–Kier alpha value is -2.70. The fourth-order valence-electron chi connectivity index (χ4n) is 1.94. The van der Waals surface area contributed by atoms with Crippen LogP contribution in [0.4, 0.5) is 0 Å². The molecule has 1 aromatic rings. The van der Waals surface area contributed by atoms with Crippen LogP contribution in [0.2, 0.25) is 0 Å². The number of amides is 2. The van der Waals surface area contributed by atoms with E-state index in [2.05, 4.69) is 21.1 Å². The molecule has 0 fully saturated rings. The normalized spacial score (nSPS) is 17.7. The van der Waals surface area contributed by atoms with Gasteiger partial charge in [-0.15, -0.1) is 0 Å². The van der Waals surface area contributed by atoms with Gasteiger partial charge in [0.1, 0.15) is 5.75 Å². The molecule has 1 aliphatic heterocycles. The molecule has 1 aliphatic rings. The molecule has 2 rings (SSSR count). The number of phenols is 1. The van der Waals surface area contributed by atoms with Gasteiger partial charge in [-0.05, 0) is 31.0 Å². The number of nitrogens with one attached hydrogen (secondary N) is 2. The number of nitrogens with zero attached hydrogens (tertiary/aromatic N) is 2. The van der Waals surface area contributed by atoms with Crippen molar-refractivity contribution in [1.29, 1.82) is 0 Å². The van der Waals surface area contributed by atoms with Gasteiger partial charge in [-0.3, -0.25) is 9.59 Å². The standard InChI is InChI=1S/C14H16N4O3/c1-9-12(14(21)18-16-9)5-6-13(20)17-15-8-10-3-2-4-11(19)7-10/h2-4,7-8,12,19H,5-6H2,1H3,(H,17,20)(H,18,21)/b15-8+. The molecule has 0 radical (unpaired) electrons. The van der Waals surface area contributed by atoms with Crippen LogP contribution in [-0.4, -0.2) is 28.8 Å². The molecule has 0 saturated carbocycles. The van der Waals surface area contributed by atoms with Crippen LogP contribution in [-0.2, 0) is 9.59 Å². The highest BCUT2D eigenvalue weighted by atomic mass is 16.3. The van der Waals surface area contributed by atoms with E-state index in [0.717, 1.165) is 0 Å². The van der Waals surface area contributed by atoms with Gasteiger partial charge in [0.15, 0.2) is 0 Å². The Labute approximate surface area is 121 Å². The van der Waals surface area contributed by atoms with Gasteiger partial charge in [-0.25, -0.2) is 10.9 Å². The third-order valence-corrected chi connectivity index (χ3v) is 3.10. The van der Waals surface area contributed by atoms with Crippen LogP contribution in [0.5, 0.6) is 5.75 Å². The van der Waals surface area contributed by atoms with Crippen LogP contribution >= 0.6 is 0 Å². The lowest BCUT2D eigenvalue weighted by Gasteiger charge is -2.06. The number of rotatable bonds is 5. The lowest BCUT2D eigenvalue weighted by molar-refractivity contribution is -0.123. The Kier molecular flexibility index (Phi) is 4.65. The number of benzene rings is 1. The average molecular weight is 288 g/mol. The average Bonchev–Trinajstić information content (AvgIpc) is 2.76. The molecule has 1 heterocycles. The zero-order valence-electron chi connectivity index (χ0n) is 11.5. The highest BCUT2D eigenvalue weighted by Crippen LogP contribution is 2.13. The lowest BCUT2D eigenvalue weighted by atomic mass is 9.99. The number of hydrogen-bond donors (Lipinski definition) is 3. The first-order chi connectivity index (χ1) is 10.1. The van der Waals surface area contributed by atoms with E-state index in [9.17, 15) is 14.7 Å². The molecule has 0 aromatic heterocycles. The van der Waals surface area contributed by atoms with E-state index in [1.165, 1.54) is 12.3 Å². The van der Waals surface area contributed by atoms with Gasteiger partial charge < -0.3 is 5.11 Å². The van der Waals surface area contributed by atoms with E-state index >= 15 is 0 Å². The summed E-state index contributed by atoms with van der Waals surface area (Å²) in [6.07, 6.45) is 2.02. The molecule has 7 nitrogen and oxygen atoms in total. The maximum absolute atomic E-state index is 11.6. The summed E-state index contributed by atoms with van der Waals surface area (Å²) in [6.45, 7) is 1.75. The van der Waals surface area contributed by atoms with Gasteiger partial charge in [0.25, 0.3) is 0 Å². The van der Waals surface area contributed by atoms with E-state index < -0.39 is 0 Å². The van der Waals surface area contributed by atoms with Crippen molar-refractivity contribution >= 4 is 23.7 Å². The van der Waals surface area contributed by atoms with Crippen molar-refractivity contribution in [2.45, 2.75) is 19.8 Å². The Morgan fingerprint density at radius 1 is 1.57 bits per heavy atom. The molecular weight excluding hydrogens is 272 g/mol. The minimum Gasteiger partial charge on any atom is -0.508 e. The van der Waals surface area contributed by atoms with Crippen molar-refractivity contribution in [3.05, 3.63) is 29.8 Å². The van der Waals surface area contributed by atoms with Gasteiger partial charge in [-0.1, -0.05) is 12.1 Å². The number of hydrazone groups is 2. The van der Waals surface area contributed by atoms with Crippen LogP contribution in [0.1, 0.15) is 25.3 Å². The monoisotopic (exact) mass is 288 g/mol. The van der Waals surface area contributed by atoms with Crippen LogP contribution in [0.25, 0.3) is 0 Å². The summed E-state index contributed by atoms with van der Waals surface area (Å²) in [4.78, 5) is 23.0. The zero-order valence-corrected chi connectivity index (χ0v) is 11.5. The Morgan fingerprint density at radius 2 is 2.38 bits per heavy atom. The summed E-state index contributed by atoms with van der Waals surface area (Å²) >= 11 is 0. The lowest BCUT2D eigenvalue weighted by Crippen LogP contribution is -2.25. The molecule has 0 spiro atoms. The van der Waals surface area contributed by atoms with Crippen molar-refractivity contribution in [2.75, 3.05) is 0 Å². The maximum atomic E-state index is 11.6. The SMILES string of the molecule is CC1=NNC(=O)C1CCC(=O)N/N=C/c1cccc(O)c1.